The Morgan fingerprint density at radius 3 is 2.58 bits per heavy atom. The Morgan fingerprint density at radius 1 is 1.02 bits per heavy atom. The number of nitrogen functional groups attached to an aromatic ring is 1. The molecule has 2 heterocycles. The van der Waals surface area contributed by atoms with Crippen LogP contribution in [-0.2, 0) is 13.0 Å². The predicted octanol–water partition coefficient (Wildman–Crippen LogP) is 1.96. The number of hydrogen-bond donors (Lipinski definition) is 3. The van der Waals surface area contributed by atoms with E-state index >= 15 is 0 Å². The van der Waals surface area contributed by atoms with Crippen LogP contribution in [0.15, 0.2) is 58.5 Å². The van der Waals surface area contributed by atoms with Gasteiger partial charge in [0.05, 0.1) is 17.8 Å². The van der Waals surface area contributed by atoms with Crippen LogP contribution in [0.4, 0.5) is 5.69 Å². The lowest BCUT2D eigenvalue weighted by atomic mass is 9.99. The third-order valence-corrected chi connectivity index (χ3v) is 7.62. The number of benzene rings is 2. The quantitative estimate of drug-likeness (QED) is 0.278. The van der Waals surface area contributed by atoms with Gasteiger partial charge in [-0.25, -0.2) is 14.6 Å². The van der Waals surface area contributed by atoms with E-state index in [9.17, 15) is 19.2 Å². The zero-order chi connectivity index (χ0) is 28.1. The fourth-order valence-corrected chi connectivity index (χ4v) is 5.22. The molecular formula is C29H25N7O4. The van der Waals surface area contributed by atoms with Crippen molar-refractivity contribution in [3.63, 3.8) is 0 Å². The van der Waals surface area contributed by atoms with E-state index in [1.807, 2.05) is 6.07 Å². The van der Waals surface area contributed by atoms with Crippen LogP contribution in [0.1, 0.15) is 61.3 Å². The van der Waals surface area contributed by atoms with Gasteiger partial charge in [0.1, 0.15) is 29.1 Å². The molecule has 0 saturated carbocycles. The number of rotatable bonds is 6. The second-order valence-corrected chi connectivity index (χ2v) is 9.98. The Hall–Kier alpha value is -5.19. The van der Waals surface area contributed by atoms with Crippen molar-refractivity contribution in [1.29, 1.82) is 0 Å². The normalized spacial score (nSPS) is 14.4. The van der Waals surface area contributed by atoms with E-state index in [1.165, 1.54) is 33.8 Å². The average Bonchev–Trinajstić information content (AvgIpc) is 3.57. The van der Waals surface area contributed by atoms with Crippen molar-refractivity contribution < 1.29 is 9.59 Å². The standard InChI is InChI=1S/C29H25N7O4/c1-14-3-6-19-18(15(14)2)7-8-20(19)35-29(40)22-10-21(32-13-33-22)28(39)31-11-16-4-5-17-12-34-36(23(17)9-16)25-24(30)26(37)27(25)38/h3-6,9-10,12-13,20H,7-8,11,30H2,1-2H3,(H,31,39)(H,35,40)/t20-/m0/s1. The number of fused-ring (bicyclic) bond motifs is 2. The maximum Gasteiger partial charge on any atom is 0.270 e. The molecule has 200 valence electrons. The lowest BCUT2D eigenvalue weighted by molar-refractivity contribution is 0.0931. The van der Waals surface area contributed by atoms with Crippen molar-refractivity contribution in [3.05, 3.63) is 109 Å². The van der Waals surface area contributed by atoms with Gasteiger partial charge >= 0.3 is 0 Å². The van der Waals surface area contributed by atoms with Gasteiger partial charge in [-0.05, 0) is 60.6 Å². The highest BCUT2D eigenvalue weighted by molar-refractivity contribution is 5.97. The number of carbonyl (C=O) groups is 2. The summed E-state index contributed by atoms with van der Waals surface area (Å²) in [5.41, 5.74) is 10.5. The van der Waals surface area contributed by atoms with Gasteiger partial charge in [0.2, 0.25) is 0 Å². The second-order valence-electron chi connectivity index (χ2n) is 9.98. The number of carbonyl (C=O) groups excluding carboxylic acids is 2. The van der Waals surface area contributed by atoms with E-state index in [4.69, 9.17) is 5.73 Å². The van der Waals surface area contributed by atoms with E-state index in [-0.39, 0.29) is 41.3 Å². The first-order valence-electron chi connectivity index (χ1n) is 12.8. The number of nitrogens with two attached hydrogens (primary N) is 1. The number of aromatic nitrogens is 4. The number of anilines is 1. The Balaban J connectivity index is 1.15. The van der Waals surface area contributed by atoms with E-state index in [2.05, 4.69) is 51.7 Å². The molecule has 0 unspecified atom stereocenters. The fraction of sp³-hybridized carbons (Fsp3) is 0.207. The third-order valence-electron chi connectivity index (χ3n) is 7.62. The summed E-state index contributed by atoms with van der Waals surface area (Å²) in [5, 5.41) is 10.8. The highest BCUT2D eigenvalue weighted by Crippen LogP contribution is 2.34. The third kappa shape index (κ3) is 4.12. The van der Waals surface area contributed by atoms with Crippen molar-refractivity contribution >= 4 is 28.4 Å². The van der Waals surface area contributed by atoms with Gasteiger partial charge in [0.25, 0.3) is 22.7 Å². The van der Waals surface area contributed by atoms with Crippen LogP contribution < -0.4 is 27.2 Å². The van der Waals surface area contributed by atoms with Crippen LogP contribution in [0.3, 0.4) is 0 Å². The van der Waals surface area contributed by atoms with Crippen molar-refractivity contribution in [3.8, 4) is 5.69 Å². The highest BCUT2D eigenvalue weighted by Gasteiger charge is 2.27. The lowest BCUT2D eigenvalue weighted by Crippen LogP contribution is -2.38. The first-order valence-corrected chi connectivity index (χ1v) is 12.8. The Bertz CT molecular complexity index is 1920. The molecular weight excluding hydrogens is 510 g/mol. The maximum atomic E-state index is 13.0. The summed E-state index contributed by atoms with van der Waals surface area (Å²) in [6.45, 7) is 4.33. The molecule has 2 aromatic heterocycles. The molecule has 0 fully saturated rings. The molecule has 0 spiro atoms. The van der Waals surface area contributed by atoms with Crippen LogP contribution >= 0.6 is 0 Å². The molecule has 1 aliphatic carbocycles. The fourth-order valence-electron chi connectivity index (χ4n) is 5.22. The van der Waals surface area contributed by atoms with Gasteiger partial charge in [-0.1, -0.05) is 24.3 Å². The van der Waals surface area contributed by atoms with Crippen molar-refractivity contribution in [2.75, 3.05) is 5.73 Å². The molecule has 40 heavy (non-hydrogen) atoms. The Labute approximate surface area is 227 Å². The van der Waals surface area contributed by atoms with Gasteiger partial charge in [0, 0.05) is 18.0 Å². The molecule has 3 aromatic carbocycles. The number of nitrogens with one attached hydrogen (secondary N) is 2. The SMILES string of the molecule is Cc1ccc2c(c1C)CC[C@@H]2NC(=O)c1cc(C(=O)NCc2ccc3cnn(-c4c(N)c(=O)c4=O)c3c2)ncn1. The molecule has 2 amide bonds. The van der Waals surface area contributed by atoms with Gasteiger partial charge in [-0.15, -0.1) is 0 Å². The molecule has 1 aliphatic rings. The first-order chi connectivity index (χ1) is 19.2. The van der Waals surface area contributed by atoms with Crippen LogP contribution in [-0.4, -0.2) is 31.6 Å². The summed E-state index contributed by atoms with van der Waals surface area (Å²) < 4.78 is 1.33. The summed E-state index contributed by atoms with van der Waals surface area (Å²) >= 11 is 0. The minimum absolute atomic E-state index is 0.0410. The van der Waals surface area contributed by atoms with E-state index < -0.39 is 16.8 Å². The number of aryl methyl sites for hydroxylation is 1. The van der Waals surface area contributed by atoms with Crippen LogP contribution in [0.2, 0.25) is 0 Å². The average molecular weight is 536 g/mol. The maximum absolute atomic E-state index is 13.0. The molecule has 6 rings (SSSR count). The minimum Gasteiger partial charge on any atom is -0.394 e. The first kappa shape index (κ1) is 25.1. The second kappa shape index (κ2) is 9.53. The smallest absolute Gasteiger partial charge is 0.270 e. The molecule has 0 bridgehead atoms. The summed E-state index contributed by atoms with van der Waals surface area (Å²) in [7, 11) is 0. The van der Waals surface area contributed by atoms with Crippen LogP contribution in [0, 0.1) is 13.8 Å². The van der Waals surface area contributed by atoms with Crippen molar-refractivity contribution in [1.82, 2.24) is 30.4 Å². The molecule has 4 N–H and O–H groups in total. The molecule has 0 radical (unpaired) electrons. The van der Waals surface area contributed by atoms with Gasteiger partial charge in [-0.2, -0.15) is 5.10 Å². The largest absolute Gasteiger partial charge is 0.394 e. The highest BCUT2D eigenvalue weighted by atomic mass is 16.2. The lowest BCUT2D eigenvalue weighted by Gasteiger charge is -2.15. The molecule has 5 aromatic rings. The number of amides is 2. The predicted molar refractivity (Wildman–Crippen MR) is 148 cm³/mol. The summed E-state index contributed by atoms with van der Waals surface area (Å²) in [6, 6.07) is 10.7. The van der Waals surface area contributed by atoms with Crippen LogP contribution in [0.5, 0.6) is 0 Å². The molecule has 0 aliphatic heterocycles. The van der Waals surface area contributed by atoms with Gasteiger partial charge < -0.3 is 16.4 Å². The molecule has 1 atom stereocenters. The summed E-state index contributed by atoms with van der Waals surface area (Å²) in [4.78, 5) is 57.5. The Morgan fingerprint density at radius 2 is 1.80 bits per heavy atom. The van der Waals surface area contributed by atoms with Gasteiger partial charge in [-0.3, -0.25) is 19.2 Å². The Kier molecular flexibility index (Phi) is 5.98. The zero-order valence-corrected chi connectivity index (χ0v) is 21.8. The minimum atomic E-state index is -0.724. The van der Waals surface area contributed by atoms with Crippen molar-refractivity contribution in [2.24, 2.45) is 0 Å². The molecule has 11 heteroatoms. The van der Waals surface area contributed by atoms with Crippen LogP contribution in [0.25, 0.3) is 16.6 Å². The zero-order valence-electron chi connectivity index (χ0n) is 21.8. The summed E-state index contributed by atoms with van der Waals surface area (Å²) in [6.07, 6.45) is 4.46. The van der Waals surface area contributed by atoms with E-state index in [0.717, 1.165) is 29.4 Å². The topological polar surface area (TPSA) is 162 Å². The molecule has 11 nitrogen and oxygen atoms in total. The molecule has 0 saturated heterocycles. The van der Waals surface area contributed by atoms with Crippen molar-refractivity contribution in [2.45, 2.75) is 39.3 Å². The number of hydrogen-bond acceptors (Lipinski definition) is 8. The monoisotopic (exact) mass is 535 g/mol. The van der Waals surface area contributed by atoms with E-state index in [0.29, 0.717) is 5.52 Å². The number of nitrogens with zero attached hydrogens (tertiary/aromatic N) is 4. The van der Waals surface area contributed by atoms with Gasteiger partial charge in [0.15, 0.2) is 0 Å². The van der Waals surface area contributed by atoms with E-state index in [1.54, 1.807) is 18.3 Å². The summed E-state index contributed by atoms with van der Waals surface area (Å²) in [5.74, 6) is -0.849.